The third kappa shape index (κ3) is 6.04. The monoisotopic (exact) mass is 305 g/mol. The lowest BCUT2D eigenvalue weighted by Gasteiger charge is -2.19. The van der Waals surface area contributed by atoms with Crippen LogP contribution in [0.25, 0.3) is 0 Å². The summed E-state index contributed by atoms with van der Waals surface area (Å²) < 4.78 is 41.8. The van der Waals surface area contributed by atoms with Gasteiger partial charge in [-0.15, -0.1) is 0 Å². The van der Waals surface area contributed by atoms with E-state index < -0.39 is 17.7 Å². The number of halogens is 3. The molecule has 0 saturated carbocycles. The molecule has 1 aromatic carbocycles. The predicted octanol–water partition coefficient (Wildman–Crippen LogP) is 2.55. The molecular formula is C13H16F3O3Si. The number of benzene rings is 1. The van der Waals surface area contributed by atoms with E-state index >= 15 is 0 Å². The van der Waals surface area contributed by atoms with Crippen LogP contribution >= 0.6 is 0 Å². The van der Waals surface area contributed by atoms with Crippen molar-refractivity contribution in [2.24, 2.45) is 0 Å². The van der Waals surface area contributed by atoms with E-state index in [4.69, 9.17) is 10.2 Å². The van der Waals surface area contributed by atoms with Crippen LogP contribution < -0.4 is 0 Å². The summed E-state index contributed by atoms with van der Waals surface area (Å²) in [6.45, 7) is 0. The summed E-state index contributed by atoms with van der Waals surface area (Å²) in [6.07, 6.45) is -1.96. The number of alkyl halides is 3. The second kappa shape index (κ2) is 7.21. The van der Waals surface area contributed by atoms with Gasteiger partial charge in [0.1, 0.15) is 0 Å². The maximum atomic E-state index is 12.5. The van der Waals surface area contributed by atoms with Crippen LogP contribution in [0.4, 0.5) is 13.2 Å². The number of hydrogen-bond donors (Lipinski definition) is 2. The molecule has 0 spiro atoms. The van der Waals surface area contributed by atoms with Gasteiger partial charge in [-0.2, -0.15) is 13.2 Å². The molecule has 0 saturated heterocycles. The third-order valence-corrected chi connectivity index (χ3v) is 3.21. The fraction of sp³-hybridized carbons (Fsp3) is 0.538. The molecule has 0 aliphatic rings. The summed E-state index contributed by atoms with van der Waals surface area (Å²) in [5.41, 5.74) is -0.0253. The summed E-state index contributed by atoms with van der Waals surface area (Å²) in [7, 11) is 2.54. The van der Waals surface area contributed by atoms with E-state index in [0.717, 1.165) is 12.1 Å². The molecule has 1 rings (SSSR count). The maximum Gasteiger partial charge on any atom is 0.416 e. The average molecular weight is 305 g/mol. The Morgan fingerprint density at radius 3 is 2.40 bits per heavy atom. The zero-order valence-electron chi connectivity index (χ0n) is 10.8. The molecule has 3 nitrogen and oxygen atoms in total. The van der Waals surface area contributed by atoms with Crippen LogP contribution in [-0.2, 0) is 17.0 Å². The van der Waals surface area contributed by atoms with Crippen molar-refractivity contribution in [3.8, 4) is 0 Å². The minimum Gasteiger partial charge on any atom is -0.371 e. The fourth-order valence-corrected chi connectivity index (χ4v) is 1.92. The summed E-state index contributed by atoms with van der Waals surface area (Å²) >= 11 is 0. The van der Waals surface area contributed by atoms with Gasteiger partial charge in [0, 0.05) is 6.42 Å². The van der Waals surface area contributed by atoms with Gasteiger partial charge < -0.3 is 14.6 Å². The van der Waals surface area contributed by atoms with Gasteiger partial charge in [0.2, 0.25) is 0 Å². The molecule has 0 atom stereocenters. The fourth-order valence-electron chi connectivity index (χ4n) is 1.82. The molecule has 0 aliphatic heterocycles. The minimum absolute atomic E-state index is 0.0269. The molecule has 0 aromatic heterocycles. The van der Waals surface area contributed by atoms with Crippen molar-refractivity contribution >= 4 is 10.5 Å². The average Bonchev–Trinajstić information content (AvgIpc) is 2.37. The Morgan fingerprint density at radius 2 is 1.80 bits per heavy atom. The van der Waals surface area contributed by atoms with Gasteiger partial charge in [0.15, 0.2) is 0 Å². The molecule has 0 unspecified atom stereocenters. The Morgan fingerprint density at radius 1 is 1.10 bits per heavy atom. The Hall–Kier alpha value is -0.893. The Bertz CT molecular complexity index is 422. The van der Waals surface area contributed by atoms with Crippen LogP contribution in [0.2, 0.25) is 0 Å². The van der Waals surface area contributed by atoms with Gasteiger partial charge in [-0.25, -0.2) is 0 Å². The van der Waals surface area contributed by atoms with E-state index in [1.807, 2.05) is 0 Å². The van der Waals surface area contributed by atoms with Gasteiger partial charge in [-0.1, -0.05) is 24.6 Å². The SMILES string of the molecule is OC(O)(CCCCCc1cccc(C(F)(F)F)c1)O[Si]. The molecule has 0 heterocycles. The van der Waals surface area contributed by atoms with Crippen molar-refractivity contribution < 1.29 is 27.8 Å². The highest BCUT2D eigenvalue weighted by Gasteiger charge is 2.30. The van der Waals surface area contributed by atoms with Crippen molar-refractivity contribution in [3.63, 3.8) is 0 Å². The smallest absolute Gasteiger partial charge is 0.371 e. The Balaban J connectivity index is 2.36. The van der Waals surface area contributed by atoms with E-state index in [1.165, 1.54) is 6.07 Å². The van der Waals surface area contributed by atoms with Crippen LogP contribution in [0.1, 0.15) is 36.8 Å². The standard InChI is InChI=1S/C13H16F3O3Si/c14-13(15,16)11-7-4-6-10(9-11)5-2-1-3-8-12(17,18)19-20/h4,6-7,9,17-18H,1-3,5,8H2. The van der Waals surface area contributed by atoms with Gasteiger partial charge in [-0.3, -0.25) is 0 Å². The van der Waals surface area contributed by atoms with Crippen LogP contribution in [0, 0.1) is 0 Å². The Kier molecular flexibility index (Phi) is 6.19. The first kappa shape index (κ1) is 17.2. The summed E-state index contributed by atoms with van der Waals surface area (Å²) in [5.74, 6) is -2.20. The number of hydrogen-bond acceptors (Lipinski definition) is 3. The first-order valence-corrected chi connectivity index (χ1v) is 6.61. The molecule has 2 N–H and O–H groups in total. The first-order chi connectivity index (χ1) is 9.24. The Labute approximate surface area is 118 Å². The van der Waals surface area contributed by atoms with E-state index in [1.54, 1.807) is 6.07 Å². The zero-order chi connectivity index (χ0) is 15.2. The van der Waals surface area contributed by atoms with Gasteiger partial charge in [-0.05, 0) is 30.9 Å². The summed E-state index contributed by atoms with van der Waals surface area (Å²) in [4.78, 5) is 0. The lowest BCUT2D eigenvalue weighted by molar-refractivity contribution is -0.295. The summed E-state index contributed by atoms with van der Waals surface area (Å²) in [5, 5.41) is 18.3. The highest BCUT2D eigenvalue weighted by molar-refractivity contribution is 5.98. The van der Waals surface area contributed by atoms with E-state index in [9.17, 15) is 13.2 Å². The summed E-state index contributed by atoms with van der Waals surface area (Å²) in [6, 6.07) is 5.23. The number of aliphatic hydroxyl groups is 2. The van der Waals surface area contributed by atoms with Crippen LogP contribution in [0.5, 0.6) is 0 Å². The van der Waals surface area contributed by atoms with Crippen LogP contribution in [0.15, 0.2) is 24.3 Å². The molecular weight excluding hydrogens is 289 g/mol. The lowest BCUT2D eigenvalue weighted by atomic mass is 10.0. The molecule has 3 radical (unpaired) electrons. The largest absolute Gasteiger partial charge is 0.416 e. The second-order valence-corrected chi connectivity index (χ2v) is 4.81. The second-order valence-electron chi connectivity index (χ2n) is 4.60. The quantitative estimate of drug-likeness (QED) is 0.462. The predicted molar refractivity (Wildman–Crippen MR) is 67.6 cm³/mol. The molecule has 111 valence electrons. The zero-order valence-corrected chi connectivity index (χ0v) is 11.8. The first-order valence-electron chi connectivity index (χ1n) is 6.20. The van der Waals surface area contributed by atoms with Gasteiger partial charge in [0.25, 0.3) is 16.5 Å². The number of aryl methyl sites for hydroxylation is 1. The van der Waals surface area contributed by atoms with Gasteiger partial charge >= 0.3 is 6.18 Å². The molecule has 0 bridgehead atoms. The van der Waals surface area contributed by atoms with E-state index in [0.29, 0.717) is 31.2 Å². The van der Waals surface area contributed by atoms with Crippen molar-refractivity contribution in [2.75, 3.05) is 0 Å². The van der Waals surface area contributed by atoms with Crippen LogP contribution in [-0.4, -0.2) is 26.7 Å². The molecule has 0 fully saturated rings. The maximum absolute atomic E-state index is 12.5. The van der Waals surface area contributed by atoms with E-state index in [-0.39, 0.29) is 6.42 Å². The van der Waals surface area contributed by atoms with Crippen molar-refractivity contribution in [3.05, 3.63) is 35.4 Å². The van der Waals surface area contributed by atoms with Crippen molar-refractivity contribution in [1.29, 1.82) is 0 Å². The number of rotatable bonds is 7. The molecule has 0 aliphatic carbocycles. The topological polar surface area (TPSA) is 49.7 Å². The van der Waals surface area contributed by atoms with E-state index in [2.05, 4.69) is 14.9 Å². The van der Waals surface area contributed by atoms with Crippen LogP contribution in [0.3, 0.4) is 0 Å². The third-order valence-electron chi connectivity index (χ3n) is 2.89. The lowest BCUT2D eigenvalue weighted by Crippen LogP contribution is -2.30. The van der Waals surface area contributed by atoms with Crippen molar-refractivity contribution in [1.82, 2.24) is 0 Å². The molecule has 20 heavy (non-hydrogen) atoms. The highest BCUT2D eigenvalue weighted by Crippen LogP contribution is 2.29. The van der Waals surface area contributed by atoms with Gasteiger partial charge in [0.05, 0.1) is 5.56 Å². The minimum atomic E-state index is -4.32. The highest BCUT2D eigenvalue weighted by atomic mass is 28.2. The molecule has 7 heteroatoms. The molecule has 1 aromatic rings. The molecule has 0 amide bonds. The number of unbranched alkanes of at least 4 members (excludes halogenated alkanes) is 2. The normalized spacial score (nSPS) is 12.7. The van der Waals surface area contributed by atoms with Crippen molar-refractivity contribution in [2.45, 2.75) is 44.3 Å².